The van der Waals surface area contributed by atoms with E-state index in [1.165, 1.54) is 6.20 Å². The molecule has 9 heteroatoms. The van der Waals surface area contributed by atoms with Gasteiger partial charge in [0.2, 0.25) is 17.8 Å². The maximum atomic E-state index is 14.1. The zero-order chi connectivity index (χ0) is 23.1. The number of halogens is 2. The molecule has 0 saturated carbocycles. The molecule has 3 aliphatic rings. The highest BCUT2D eigenvalue weighted by molar-refractivity contribution is 7.80. The summed E-state index contributed by atoms with van der Waals surface area (Å²) in [6.07, 6.45) is 3.73. The van der Waals surface area contributed by atoms with Gasteiger partial charge in [0.15, 0.2) is 5.82 Å². The van der Waals surface area contributed by atoms with Crippen LogP contribution in [-0.4, -0.2) is 45.7 Å². The molecule has 0 spiro atoms. The Balaban J connectivity index is 1.22. The predicted molar refractivity (Wildman–Crippen MR) is 121 cm³/mol. The summed E-state index contributed by atoms with van der Waals surface area (Å²) in [5, 5.41) is 2.24. The second-order valence-corrected chi connectivity index (χ2v) is 9.59. The van der Waals surface area contributed by atoms with Crippen LogP contribution in [0.1, 0.15) is 59.2 Å². The minimum Gasteiger partial charge on any atom is -0.299 e. The van der Waals surface area contributed by atoms with Crippen molar-refractivity contribution in [2.24, 2.45) is 0 Å². The number of nitrogens with one attached hydrogen (secondary N) is 1. The number of hydrogen-bond donors (Lipinski definition) is 2. The Bertz CT molecular complexity index is 1090. The van der Waals surface area contributed by atoms with Gasteiger partial charge in [0.25, 0.3) is 0 Å². The molecule has 1 aromatic carbocycles. The van der Waals surface area contributed by atoms with E-state index in [-0.39, 0.29) is 29.1 Å². The monoisotopic (exact) mass is 472 g/mol. The first-order valence-electron chi connectivity index (χ1n) is 11.3. The minimum absolute atomic E-state index is 0.00247. The molecular formula is C24H26F2N4O2S. The fraction of sp³-hybridized carbons (Fsp3) is 0.458. The topological polar surface area (TPSA) is 65.5 Å². The molecule has 3 aliphatic heterocycles. The van der Waals surface area contributed by atoms with Gasteiger partial charge >= 0.3 is 0 Å². The van der Waals surface area contributed by atoms with Crippen molar-refractivity contribution in [2.75, 3.05) is 13.1 Å². The number of amides is 2. The number of piperidine rings is 2. The van der Waals surface area contributed by atoms with Crippen LogP contribution in [0.25, 0.3) is 0 Å². The summed E-state index contributed by atoms with van der Waals surface area (Å²) in [6.45, 7) is 3.01. The molecule has 5 rings (SSSR count). The molecule has 0 radical (unpaired) electrons. The van der Waals surface area contributed by atoms with Crippen molar-refractivity contribution in [1.82, 2.24) is 20.1 Å². The summed E-state index contributed by atoms with van der Waals surface area (Å²) >= 11 is 4.80. The third-order valence-electron chi connectivity index (χ3n) is 7.08. The largest absolute Gasteiger partial charge is 0.299 e. The van der Waals surface area contributed by atoms with Gasteiger partial charge in [-0.25, -0.2) is 9.37 Å². The Labute approximate surface area is 196 Å². The number of rotatable bonds is 4. The number of pyridine rings is 1. The zero-order valence-electron chi connectivity index (χ0n) is 18.1. The first-order valence-corrected chi connectivity index (χ1v) is 11.8. The van der Waals surface area contributed by atoms with E-state index in [2.05, 4.69) is 33.4 Å². The van der Waals surface area contributed by atoms with E-state index in [0.717, 1.165) is 49.2 Å². The minimum atomic E-state index is -1.03. The van der Waals surface area contributed by atoms with E-state index in [9.17, 15) is 18.4 Å². The van der Waals surface area contributed by atoms with Gasteiger partial charge < -0.3 is 0 Å². The van der Waals surface area contributed by atoms with Crippen molar-refractivity contribution in [3.8, 4) is 0 Å². The molecule has 6 nitrogen and oxygen atoms in total. The molecule has 0 aliphatic carbocycles. The van der Waals surface area contributed by atoms with Crippen molar-refractivity contribution in [3.63, 3.8) is 0 Å². The standard InChI is InChI=1S/C24H26F2N4O2S/c25-21-17(5-8-27-22(21)26)15-6-9-29(10-7-15)12-14-1-2-16-13-30(24(33)18(16)11-14)19-3-4-20(31)28-23(19)32/h1-2,5,8,11,15,19,24,33H,3-4,6-7,9-10,12-13H2,(H,28,31,32). The number of likely N-dealkylation sites (tertiary alicyclic amines) is 1. The number of carbonyl (C=O) groups is 2. The highest BCUT2D eigenvalue weighted by Crippen LogP contribution is 2.40. The zero-order valence-corrected chi connectivity index (χ0v) is 19.0. The normalized spacial score (nSPS) is 24.7. The third kappa shape index (κ3) is 4.41. The van der Waals surface area contributed by atoms with Crippen molar-refractivity contribution < 1.29 is 18.4 Å². The Morgan fingerprint density at radius 1 is 1.09 bits per heavy atom. The average molecular weight is 473 g/mol. The van der Waals surface area contributed by atoms with E-state index in [1.807, 2.05) is 4.90 Å². The van der Waals surface area contributed by atoms with Gasteiger partial charge in [0, 0.05) is 25.7 Å². The van der Waals surface area contributed by atoms with Crippen LogP contribution >= 0.6 is 12.6 Å². The summed E-state index contributed by atoms with van der Waals surface area (Å²) in [5.41, 5.74) is 3.84. The predicted octanol–water partition coefficient (Wildman–Crippen LogP) is 3.29. The Hall–Kier alpha value is -2.36. The molecule has 2 aromatic rings. The lowest BCUT2D eigenvalue weighted by molar-refractivity contribution is -0.137. The summed E-state index contributed by atoms with van der Waals surface area (Å²) < 4.78 is 27.6. The lowest BCUT2D eigenvalue weighted by atomic mass is 9.89. The van der Waals surface area contributed by atoms with Crippen LogP contribution in [0.3, 0.4) is 0 Å². The van der Waals surface area contributed by atoms with Crippen molar-refractivity contribution in [1.29, 1.82) is 0 Å². The Morgan fingerprint density at radius 3 is 2.64 bits per heavy atom. The van der Waals surface area contributed by atoms with Crippen molar-refractivity contribution in [3.05, 3.63) is 64.5 Å². The Kier molecular flexibility index (Phi) is 6.20. The number of nitrogens with zero attached hydrogens (tertiary/aromatic N) is 3. The first kappa shape index (κ1) is 22.4. The van der Waals surface area contributed by atoms with E-state index in [0.29, 0.717) is 24.9 Å². The van der Waals surface area contributed by atoms with Crippen LogP contribution in [0.4, 0.5) is 8.78 Å². The van der Waals surface area contributed by atoms with Crippen LogP contribution < -0.4 is 5.32 Å². The van der Waals surface area contributed by atoms with Gasteiger partial charge in [0.1, 0.15) is 0 Å². The summed E-state index contributed by atoms with van der Waals surface area (Å²) in [5.74, 6) is -2.31. The smallest absolute Gasteiger partial charge is 0.249 e. The fourth-order valence-electron chi connectivity index (χ4n) is 5.28. The Morgan fingerprint density at radius 2 is 1.88 bits per heavy atom. The fourth-order valence-corrected chi connectivity index (χ4v) is 5.76. The van der Waals surface area contributed by atoms with Gasteiger partial charge in [-0.2, -0.15) is 17.0 Å². The lowest BCUT2D eigenvalue weighted by Gasteiger charge is -2.32. The van der Waals surface area contributed by atoms with Crippen molar-refractivity contribution in [2.45, 2.75) is 56.1 Å². The number of benzene rings is 1. The SMILES string of the molecule is O=C1CCC(N2Cc3ccc(CN4CCC(c5ccnc(F)c5F)CC4)cc3C2S)C(=O)N1. The molecule has 2 fully saturated rings. The molecule has 1 aromatic heterocycles. The lowest BCUT2D eigenvalue weighted by Crippen LogP contribution is -2.51. The molecule has 33 heavy (non-hydrogen) atoms. The van der Waals surface area contributed by atoms with Crippen LogP contribution in [-0.2, 0) is 22.7 Å². The maximum Gasteiger partial charge on any atom is 0.249 e. The number of fused-ring (bicyclic) bond motifs is 1. The number of imide groups is 1. The third-order valence-corrected chi connectivity index (χ3v) is 7.65. The van der Waals surface area contributed by atoms with Gasteiger partial charge in [-0.1, -0.05) is 18.2 Å². The van der Waals surface area contributed by atoms with Gasteiger partial charge in [-0.3, -0.25) is 24.7 Å². The highest BCUT2D eigenvalue weighted by atomic mass is 32.1. The second kappa shape index (κ2) is 9.12. The number of aromatic nitrogens is 1. The second-order valence-electron chi connectivity index (χ2n) is 9.10. The highest BCUT2D eigenvalue weighted by Gasteiger charge is 2.39. The van der Waals surface area contributed by atoms with Crippen LogP contribution in [0.5, 0.6) is 0 Å². The molecule has 0 bridgehead atoms. The first-order chi connectivity index (χ1) is 15.9. The molecule has 2 unspecified atom stereocenters. The van der Waals surface area contributed by atoms with Crippen LogP contribution in [0.15, 0.2) is 30.5 Å². The van der Waals surface area contributed by atoms with Crippen molar-refractivity contribution >= 4 is 24.4 Å². The maximum absolute atomic E-state index is 14.1. The summed E-state index contributed by atoms with van der Waals surface area (Å²) in [7, 11) is 0. The van der Waals surface area contributed by atoms with Gasteiger partial charge in [-0.05, 0) is 66.6 Å². The number of carbonyl (C=O) groups excluding carboxylic acids is 2. The molecule has 2 atom stereocenters. The molecule has 1 N–H and O–H groups in total. The molecular weight excluding hydrogens is 446 g/mol. The molecule has 2 saturated heterocycles. The quantitative estimate of drug-likeness (QED) is 0.406. The molecule has 2 amide bonds. The summed E-state index contributed by atoms with van der Waals surface area (Å²) in [6, 6.07) is 7.60. The van der Waals surface area contributed by atoms with Crippen LogP contribution in [0.2, 0.25) is 0 Å². The number of hydrogen-bond acceptors (Lipinski definition) is 6. The number of thiol groups is 1. The van der Waals surface area contributed by atoms with E-state index in [4.69, 9.17) is 12.6 Å². The molecule has 4 heterocycles. The molecule has 174 valence electrons. The van der Waals surface area contributed by atoms with E-state index >= 15 is 0 Å². The van der Waals surface area contributed by atoms with E-state index < -0.39 is 11.8 Å². The van der Waals surface area contributed by atoms with Gasteiger partial charge in [0.05, 0.1) is 11.4 Å². The average Bonchev–Trinajstić information content (AvgIpc) is 3.12. The van der Waals surface area contributed by atoms with Gasteiger partial charge in [-0.15, -0.1) is 0 Å². The summed E-state index contributed by atoms with van der Waals surface area (Å²) in [4.78, 5) is 31.6. The van der Waals surface area contributed by atoms with E-state index in [1.54, 1.807) is 6.07 Å². The van der Waals surface area contributed by atoms with Crippen LogP contribution in [0, 0.1) is 11.8 Å².